The van der Waals surface area contributed by atoms with E-state index in [0.717, 1.165) is 83.5 Å². The van der Waals surface area contributed by atoms with Gasteiger partial charge in [0, 0.05) is 44.8 Å². The molecule has 12 nitrogen and oxygen atoms in total. The Labute approximate surface area is 290 Å². The van der Waals surface area contributed by atoms with Crippen LogP contribution < -0.4 is 21.2 Å². The summed E-state index contributed by atoms with van der Waals surface area (Å²) in [5.41, 5.74) is 0. The monoisotopic (exact) mass is 683 g/mol. The molecule has 2 atom stereocenters. The molecule has 48 heavy (non-hydrogen) atoms. The van der Waals surface area contributed by atoms with Gasteiger partial charge in [-0.25, -0.2) is 4.79 Å². The second-order valence-electron chi connectivity index (χ2n) is 13.0. The Kier molecular flexibility index (Phi) is 31.0. The highest BCUT2D eigenvalue weighted by Gasteiger charge is 2.20. The van der Waals surface area contributed by atoms with Gasteiger partial charge in [-0.1, -0.05) is 89.9 Å². The number of unbranched alkanes of at least 4 members (excludes halogenated alkanes) is 16. The molecular formula is C35H67BN4O8. The van der Waals surface area contributed by atoms with Crippen molar-refractivity contribution in [3.8, 4) is 0 Å². The number of aliphatic hydroxyl groups excluding tert-OH is 1. The van der Waals surface area contributed by atoms with E-state index in [9.17, 15) is 29.1 Å². The van der Waals surface area contributed by atoms with Crippen LogP contribution in [0.15, 0.2) is 0 Å². The molecule has 0 saturated heterocycles. The first-order chi connectivity index (χ1) is 23.2. The number of aliphatic hydroxyl groups is 1. The molecule has 0 aliphatic heterocycles. The highest BCUT2D eigenvalue weighted by Crippen LogP contribution is 2.14. The van der Waals surface area contributed by atoms with Crippen LogP contribution in [0.2, 0.25) is 0 Å². The number of rotatable bonds is 35. The number of carbonyl (C=O) groups excluding carboxylic acids is 3. The van der Waals surface area contributed by atoms with Crippen LogP contribution in [0.1, 0.15) is 161 Å². The van der Waals surface area contributed by atoms with Gasteiger partial charge in [-0.15, -0.1) is 0 Å². The first-order valence-electron chi connectivity index (χ1n) is 18.7. The summed E-state index contributed by atoms with van der Waals surface area (Å²) < 4.78 is 0. The van der Waals surface area contributed by atoms with Crippen LogP contribution in [0.5, 0.6) is 0 Å². The Morgan fingerprint density at radius 1 is 0.500 bits per heavy atom. The van der Waals surface area contributed by atoms with Crippen molar-refractivity contribution >= 4 is 37.6 Å². The SMILES string of the molecule is BNC(CO)CCCCNC(=O)CCCCCNC(=O)CCC(NC(=O)CCCCCCCCCCCCCCCCC(=O)O)C(=O)O. The third-order valence-electron chi connectivity index (χ3n) is 8.67. The molecule has 0 aliphatic carbocycles. The van der Waals surface area contributed by atoms with Crippen molar-refractivity contribution in [1.29, 1.82) is 0 Å². The zero-order valence-electron chi connectivity index (χ0n) is 29.8. The quantitative estimate of drug-likeness (QED) is 0.0380. The third kappa shape index (κ3) is 30.7. The van der Waals surface area contributed by atoms with Crippen LogP contribution in [0.3, 0.4) is 0 Å². The first-order valence-corrected chi connectivity index (χ1v) is 18.7. The van der Waals surface area contributed by atoms with E-state index in [1.165, 1.54) is 44.9 Å². The van der Waals surface area contributed by atoms with E-state index < -0.39 is 18.0 Å². The first kappa shape index (κ1) is 45.3. The summed E-state index contributed by atoms with van der Waals surface area (Å²) in [6.07, 6.45) is 21.3. The lowest BCUT2D eigenvalue weighted by Crippen LogP contribution is -2.41. The Morgan fingerprint density at radius 3 is 1.38 bits per heavy atom. The van der Waals surface area contributed by atoms with E-state index in [4.69, 9.17) is 10.2 Å². The van der Waals surface area contributed by atoms with Crippen LogP contribution in [0.4, 0.5) is 0 Å². The second kappa shape index (κ2) is 32.9. The normalized spacial score (nSPS) is 12.3. The summed E-state index contributed by atoms with van der Waals surface area (Å²) in [6, 6.07) is -0.987. The summed E-state index contributed by atoms with van der Waals surface area (Å²) in [5, 5.41) is 38.6. The minimum atomic E-state index is -1.14. The second-order valence-corrected chi connectivity index (χ2v) is 13.0. The fourth-order valence-electron chi connectivity index (χ4n) is 5.54. The maximum atomic E-state index is 12.3. The maximum absolute atomic E-state index is 12.3. The van der Waals surface area contributed by atoms with E-state index in [2.05, 4.69) is 21.2 Å². The van der Waals surface area contributed by atoms with Crippen molar-refractivity contribution in [2.24, 2.45) is 0 Å². The van der Waals surface area contributed by atoms with Gasteiger partial charge in [0.25, 0.3) is 0 Å². The van der Waals surface area contributed by atoms with Crippen LogP contribution in [0, 0.1) is 0 Å². The molecule has 0 spiro atoms. The molecule has 0 aromatic rings. The van der Waals surface area contributed by atoms with Crippen molar-refractivity contribution in [3.63, 3.8) is 0 Å². The minimum Gasteiger partial charge on any atom is -0.481 e. The fraction of sp³-hybridized carbons (Fsp3) is 0.857. The third-order valence-corrected chi connectivity index (χ3v) is 8.67. The highest BCUT2D eigenvalue weighted by molar-refractivity contribution is 6.04. The van der Waals surface area contributed by atoms with Crippen molar-refractivity contribution in [2.75, 3.05) is 19.7 Å². The lowest BCUT2D eigenvalue weighted by Gasteiger charge is -2.14. The Morgan fingerprint density at radius 2 is 0.917 bits per heavy atom. The number of carbonyl (C=O) groups is 5. The lowest BCUT2D eigenvalue weighted by molar-refractivity contribution is -0.142. The standard InChI is InChI=1S/C35H67BN4O8/c36-40-29(28-41)20-17-19-27-37-31(42)21-15-13-18-26-38-32(43)25-24-30(35(47)48)39-33(44)22-14-11-9-7-5-3-1-2-4-6-8-10-12-16-23-34(45)46/h29-30,40-41H,1-28,36H2,(H,37,42)(H,38,43)(H,39,44)(H,45,46)(H,47,48). The number of aliphatic carboxylic acids is 2. The Hall–Kier alpha value is -2.67. The van der Waals surface area contributed by atoms with Gasteiger partial charge in [-0.2, -0.15) is 0 Å². The van der Waals surface area contributed by atoms with Gasteiger partial charge >= 0.3 is 11.9 Å². The van der Waals surface area contributed by atoms with Gasteiger partial charge in [-0.3, -0.25) is 19.2 Å². The average Bonchev–Trinajstić information content (AvgIpc) is 3.05. The van der Waals surface area contributed by atoms with Crippen molar-refractivity contribution in [1.82, 2.24) is 21.2 Å². The highest BCUT2D eigenvalue weighted by atomic mass is 16.4. The van der Waals surface area contributed by atoms with Gasteiger partial charge in [0.05, 0.1) is 6.61 Å². The molecular weight excluding hydrogens is 615 g/mol. The number of hydrogen-bond acceptors (Lipinski definition) is 7. The molecule has 2 unspecified atom stereocenters. The van der Waals surface area contributed by atoms with Gasteiger partial charge in [0.2, 0.25) is 17.7 Å². The number of amides is 3. The molecule has 0 aliphatic rings. The molecule has 0 heterocycles. The van der Waals surface area contributed by atoms with Crippen LogP contribution in [0.25, 0.3) is 0 Å². The van der Waals surface area contributed by atoms with Gasteiger partial charge < -0.3 is 36.5 Å². The summed E-state index contributed by atoms with van der Waals surface area (Å²) in [7, 11) is 1.82. The Balaban J connectivity index is 3.72. The molecule has 0 aromatic carbocycles. The van der Waals surface area contributed by atoms with Gasteiger partial charge in [0.15, 0.2) is 7.98 Å². The van der Waals surface area contributed by atoms with E-state index in [-0.39, 0.29) is 56.1 Å². The zero-order chi connectivity index (χ0) is 35.7. The largest absolute Gasteiger partial charge is 0.481 e. The van der Waals surface area contributed by atoms with E-state index >= 15 is 0 Å². The van der Waals surface area contributed by atoms with Crippen LogP contribution in [-0.4, -0.2) is 84.7 Å². The van der Waals surface area contributed by atoms with E-state index in [0.29, 0.717) is 19.5 Å². The summed E-state index contributed by atoms with van der Waals surface area (Å²) in [5.74, 6) is -2.38. The molecule has 278 valence electrons. The topological polar surface area (TPSA) is 194 Å². The summed E-state index contributed by atoms with van der Waals surface area (Å²) >= 11 is 0. The molecule has 3 amide bonds. The van der Waals surface area contributed by atoms with Gasteiger partial charge in [-0.05, 0) is 44.9 Å². The molecule has 0 rings (SSSR count). The maximum Gasteiger partial charge on any atom is 0.326 e. The molecule has 0 fully saturated rings. The van der Waals surface area contributed by atoms with E-state index in [1.807, 2.05) is 7.98 Å². The number of carboxylic acids is 2. The molecule has 0 radical (unpaired) electrons. The lowest BCUT2D eigenvalue weighted by atomic mass is 10.0. The van der Waals surface area contributed by atoms with Crippen molar-refractivity contribution in [2.45, 2.75) is 173 Å². The van der Waals surface area contributed by atoms with Crippen molar-refractivity contribution < 1.29 is 39.3 Å². The fourth-order valence-corrected chi connectivity index (χ4v) is 5.54. The van der Waals surface area contributed by atoms with Gasteiger partial charge in [0.1, 0.15) is 6.04 Å². The average molecular weight is 683 g/mol. The predicted molar refractivity (Wildman–Crippen MR) is 191 cm³/mol. The van der Waals surface area contributed by atoms with Crippen LogP contribution in [-0.2, 0) is 24.0 Å². The van der Waals surface area contributed by atoms with E-state index in [1.54, 1.807) is 0 Å². The van der Waals surface area contributed by atoms with Crippen LogP contribution >= 0.6 is 0 Å². The molecule has 0 bridgehead atoms. The molecule has 0 saturated carbocycles. The number of hydrogen-bond donors (Lipinski definition) is 7. The molecule has 0 aromatic heterocycles. The predicted octanol–water partition coefficient (Wildman–Crippen LogP) is 4.12. The zero-order valence-corrected chi connectivity index (χ0v) is 29.8. The number of nitrogens with one attached hydrogen (secondary N) is 4. The molecule has 7 N–H and O–H groups in total. The minimum absolute atomic E-state index is 0.0155. The smallest absolute Gasteiger partial charge is 0.326 e. The molecule has 13 heteroatoms. The summed E-state index contributed by atoms with van der Waals surface area (Å²) in [4.78, 5) is 58.5. The Bertz CT molecular complexity index is 860. The summed E-state index contributed by atoms with van der Waals surface area (Å²) in [6.45, 7) is 1.19. The van der Waals surface area contributed by atoms with Crippen molar-refractivity contribution in [3.05, 3.63) is 0 Å². The number of carboxylic acid groups (broad SMARTS) is 2.